The number of benzene rings is 2. The van der Waals surface area contributed by atoms with E-state index < -0.39 is 0 Å². The summed E-state index contributed by atoms with van der Waals surface area (Å²) in [5, 5.41) is 7.22. The molecule has 1 fully saturated rings. The third-order valence-electron chi connectivity index (χ3n) is 4.34. The molecule has 4 rings (SSSR count). The minimum atomic E-state index is -0.191. The lowest BCUT2D eigenvalue weighted by Crippen LogP contribution is -2.22. The Morgan fingerprint density at radius 1 is 1.12 bits per heavy atom. The van der Waals surface area contributed by atoms with Crippen LogP contribution in [-0.2, 0) is 11.3 Å². The summed E-state index contributed by atoms with van der Waals surface area (Å²) < 4.78 is 0.993. The highest BCUT2D eigenvalue weighted by molar-refractivity contribution is 7.21. The molecule has 1 heterocycles. The van der Waals surface area contributed by atoms with Crippen LogP contribution in [0.2, 0.25) is 5.02 Å². The number of carbonyl (C=O) groups is 2. The smallest absolute Gasteiger partial charge is 0.263 e. The third-order valence-corrected chi connectivity index (χ3v) is 6.01. The molecular formula is C20H17ClN2O2S. The van der Waals surface area contributed by atoms with E-state index in [-0.39, 0.29) is 17.7 Å². The molecule has 1 aliphatic rings. The van der Waals surface area contributed by atoms with Crippen LogP contribution in [-0.4, -0.2) is 11.8 Å². The van der Waals surface area contributed by atoms with Gasteiger partial charge < -0.3 is 10.6 Å². The molecule has 1 aliphatic carbocycles. The molecule has 2 N–H and O–H groups in total. The van der Waals surface area contributed by atoms with Gasteiger partial charge in [-0.3, -0.25) is 9.59 Å². The highest BCUT2D eigenvalue weighted by Gasteiger charge is 2.29. The van der Waals surface area contributed by atoms with Crippen LogP contribution >= 0.6 is 22.9 Å². The van der Waals surface area contributed by atoms with Gasteiger partial charge in [-0.25, -0.2) is 0 Å². The van der Waals surface area contributed by atoms with Crippen molar-refractivity contribution in [2.75, 3.05) is 5.32 Å². The summed E-state index contributed by atoms with van der Waals surface area (Å²) in [6.07, 6.45) is 1.94. The van der Waals surface area contributed by atoms with Crippen LogP contribution in [0.1, 0.15) is 28.1 Å². The normalized spacial score (nSPS) is 13.6. The van der Waals surface area contributed by atoms with Gasteiger partial charge in [-0.2, -0.15) is 0 Å². The number of hydrogen-bond acceptors (Lipinski definition) is 3. The standard InChI is InChI=1S/C20H17ClN2O2S/c21-17-15-6-1-2-7-16(15)26-18(17)20(25)22-11-12-4-3-5-14(10-12)23-19(24)13-8-9-13/h1-7,10,13H,8-9,11H2,(H,22,25)(H,23,24). The molecule has 4 nitrogen and oxygen atoms in total. The number of anilines is 1. The number of nitrogens with one attached hydrogen (secondary N) is 2. The van der Waals surface area contributed by atoms with Gasteiger partial charge in [-0.15, -0.1) is 11.3 Å². The van der Waals surface area contributed by atoms with Crippen molar-refractivity contribution in [1.82, 2.24) is 5.32 Å². The number of thiophene rings is 1. The van der Waals surface area contributed by atoms with Crippen molar-refractivity contribution >= 4 is 50.5 Å². The Balaban J connectivity index is 1.43. The molecule has 0 saturated heterocycles. The highest BCUT2D eigenvalue weighted by Crippen LogP contribution is 2.35. The Bertz CT molecular complexity index is 994. The second-order valence-corrected chi connectivity index (χ2v) is 7.82. The molecule has 3 aromatic rings. The molecule has 1 aromatic heterocycles. The summed E-state index contributed by atoms with van der Waals surface area (Å²) in [4.78, 5) is 24.9. The quantitative estimate of drug-likeness (QED) is 0.661. The largest absolute Gasteiger partial charge is 0.347 e. The zero-order chi connectivity index (χ0) is 18.1. The van der Waals surface area contributed by atoms with Gasteiger partial charge in [0.1, 0.15) is 4.88 Å². The number of hydrogen-bond donors (Lipinski definition) is 2. The predicted molar refractivity (Wildman–Crippen MR) is 106 cm³/mol. The molecule has 0 aliphatic heterocycles. The van der Waals surface area contributed by atoms with Gasteiger partial charge in [0.15, 0.2) is 0 Å². The molecule has 26 heavy (non-hydrogen) atoms. The molecule has 0 spiro atoms. The Labute approximate surface area is 160 Å². The molecule has 1 saturated carbocycles. The maximum atomic E-state index is 12.5. The van der Waals surface area contributed by atoms with E-state index in [0.29, 0.717) is 16.4 Å². The number of carbonyl (C=O) groups excluding carboxylic acids is 2. The van der Waals surface area contributed by atoms with Gasteiger partial charge in [-0.1, -0.05) is 41.9 Å². The van der Waals surface area contributed by atoms with Gasteiger partial charge in [0.25, 0.3) is 5.91 Å². The first-order valence-electron chi connectivity index (χ1n) is 8.47. The van der Waals surface area contributed by atoms with Crippen LogP contribution in [0, 0.1) is 5.92 Å². The first kappa shape index (κ1) is 17.1. The monoisotopic (exact) mass is 384 g/mol. The van der Waals surface area contributed by atoms with Gasteiger partial charge in [0.2, 0.25) is 5.91 Å². The molecule has 2 amide bonds. The summed E-state index contributed by atoms with van der Waals surface area (Å²) in [6, 6.07) is 15.2. The van der Waals surface area contributed by atoms with Crippen molar-refractivity contribution in [3.63, 3.8) is 0 Å². The molecule has 2 aromatic carbocycles. The summed E-state index contributed by atoms with van der Waals surface area (Å²) in [7, 11) is 0. The number of halogens is 1. The van der Waals surface area contributed by atoms with E-state index in [1.165, 1.54) is 11.3 Å². The van der Waals surface area contributed by atoms with E-state index in [9.17, 15) is 9.59 Å². The Morgan fingerprint density at radius 2 is 1.92 bits per heavy atom. The van der Waals surface area contributed by atoms with E-state index in [2.05, 4.69) is 10.6 Å². The van der Waals surface area contributed by atoms with E-state index in [0.717, 1.165) is 34.2 Å². The lowest BCUT2D eigenvalue weighted by molar-refractivity contribution is -0.117. The molecule has 0 unspecified atom stereocenters. The minimum absolute atomic E-state index is 0.0724. The van der Waals surface area contributed by atoms with Crippen LogP contribution in [0.3, 0.4) is 0 Å². The van der Waals surface area contributed by atoms with Crippen molar-refractivity contribution in [1.29, 1.82) is 0 Å². The topological polar surface area (TPSA) is 58.2 Å². The fourth-order valence-electron chi connectivity index (χ4n) is 2.77. The zero-order valence-corrected chi connectivity index (χ0v) is 15.5. The minimum Gasteiger partial charge on any atom is -0.347 e. The Morgan fingerprint density at radius 3 is 2.69 bits per heavy atom. The molecule has 0 bridgehead atoms. The maximum absolute atomic E-state index is 12.5. The zero-order valence-electron chi connectivity index (χ0n) is 13.9. The second-order valence-electron chi connectivity index (χ2n) is 6.39. The summed E-state index contributed by atoms with van der Waals surface area (Å²) in [5.41, 5.74) is 1.68. The first-order valence-corrected chi connectivity index (χ1v) is 9.66. The molecule has 0 radical (unpaired) electrons. The van der Waals surface area contributed by atoms with Crippen molar-refractivity contribution in [2.45, 2.75) is 19.4 Å². The van der Waals surface area contributed by atoms with Crippen LogP contribution in [0.15, 0.2) is 48.5 Å². The number of rotatable bonds is 5. The Kier molecular flexibility index (Phi) is 4.66. The van der Waals surface area contributed by atoms with Crippen LogP contribution in [0.4, 0.5) is 5.69 Å². The molecule has 0 atom stereocenters. The van der Waals surface area contributed by atoms with Crippen molar-refractivity contribution in [3.8, 4) is 0 Å². The van der Waals surface area contributed by atoms with Crippen LogP contribution in [0.25, 0.3) is 10.1 Å². The predicted octanol–water partition coefficient (Wildman–Crippen LogP) is 4.83. The van der Waals surface area contributed by atoms with E-state index in [4.69, 9.17) is 11.6 Å². The molecule has 6 heteroatoms. The lowest BCUT2D eigenvalue weighted by Gasteiger charge is -2.08. The van der Waals surface area contributed by atoms with E-state index in [1.54, 1.807) is 0 Å². The van der Waals surface area contributed by atoms with Gasteiger partial charge >= 0.3 is 0 Å². The van der Waals surface area contributed by atoms with Crippen molar-refractivity contribution in [3.05, 3.63) is 64.0 Å². The summed E-state index contributed by atoms with van der Waals surface area (Å²) >= 11 is 7.74. The third kappa shape index (κ3) is 3.59. The van der Waals surface area contributed by atoms with E-state index in [1.807, 2.05) is 48.5 Å². The fraction of sp³-hybridized carbons (Fsp3) is 0.200. The Hall–Kier alpha value is -2.37. The first-order chi connectivity index (χ1) is 12.6. The summed E-state index contributed by atoms with van der Waals surface area (Å²) in [6.45, 7) is 0.372. The van der Waals surface area contributed by atoms with Crippen molar-refractivity contribution < 1.29 is 9.59 Å². The molecular weight excluding hydrogens is 368 g/mol. The molecule has 132 valence electrons. The van der Waals surface area contributed by atoms with Gasteiger partial charge in [0.05, 0.1) is 5.02 Å². The van der Waals surface area contributed by atoms with Gasteiger partial charge in [0, 0.05) is 28.2 Å². The van der Waals surface area contributed by atoms with Crippen molar-refractivity contribution in [2.24, 2.45) is 5.92 Å². The van der Waals surface area contributed by atoms with Gasteiger partial charge in [-0.05, 0) is 36.6 Å². The number of fused-ring (bicyclic) bond motifs is 1. The lowest BCUT2D eigenvalue weighted by atomic mass is 10.2. The maximum Gasteiger partial charge on any atom is 0.263 e. The van der Waals surface area contributed by atoms with Crippen LogP contribution < -0.4 is 10.6 Å². The van der Waals surface area contributed by atoms with Crippen LogP contribution in [0.5, 0.6) is 0 Å². The highest BCUT2D eigenvalue weighted by atomic mass is 35.5. The fourth-order valence-corrected chi connectivity index (χ4v) is 4.20. The SMILES string of the molecule is O=C(NCc1cccc(NC(=O)C2CC2)c1)c1sc2ccccc2c1Cl. The second kappa shape index (κ2) is 7.09. The van der Waals surface area contributed by atoms with E-state index >= 15 is 0 Å². The summed E-state index contributed by atoms with van der Waals surface area (Å²) in [5.74, 6) is 0.0420. The average molecular weight is 385 g/mol. The number of amides is 2. The average Bonchev–Trinajstić information content (AvgIpc) is 3.45.